The van der Waals surface area contributed by atoms with Crippen LogP contribution in [0, 0.1) is 0 Å². The summed E-state index contributed by atoms with van der Waals surface area (Å²) in [4.78, 5) is 0. The number of fused-ring (bicyclic) bond motifs is 1. The molecule has 96 valence electrons. The highest BCUT2D eigenvalue weighted by atomic mass is 16.5. The molecule has 0 amide bonds. The van der Waals surface area contributed by atoms with Gasteiger partial charge in [0.1, 0.15) is 5.75 Å². The highest BCUT2D eigenvalue weighted by Crippen LogP contribution is 2.46. The van der Waals surface area contributed by atoms with Crippen molar-refractivity contribution in [2.45, 2.75) is 6.92 Å². The molecule has 2 aromatic rings. The van der Waals surface area contributed by atoms with Crippen LogP contribution in [0.15, 0.2) is 23.3 Å². The molecular weight excluding hydrogens is 232 g/mol. The Labute approximate surface area is 106 Å². The quantitative estimate of drug-likeness (QED) is 0.812. The lowest BCUT2D eigenvalue weighted by Gasteiger charge is -2.16. The summed E-state index contributed by atoms with van der Waals surface area (Å²) in [6, 6.07) is 1.83. The molecule has 2 rings (SSSR count). The van der Waals surface area contributed by atoms with Crippen molar-refractivity contribution in [1.29, 1.82) is 0 Å². The molecular formula is C14H16O4. The second-order valence-electron chi connectivity index (χ2n) is 3.61. The van der Waals surface area contributed by atoms with E-state index in [0.29, 0.717) is 29.4 Å². The van der Waals surface area contributed by atoms with Gasteiger partial charge in [-0.25, -0.2) is 0 Å². The van der Waals surface area contributed by atoms with Gasteiger partial charge in [-0.1, -0.05) is 12.7 Å². The molecule has 0 fully saturated rings. The molecule has 0 aliphatic rings. The predicted octanol–water partition coefficient (Wildman–Crippen LogP) is 3.49. The van der Waals surface area contributed by atoms with E-state index in [1.807, 2.05) is 13.0 Å². The van der Waals surface area contributed by atoms with Crippen LogP contribution in [0.1, 0.15) is 12.5 Å². The molecule has 0 saturated heterocycles. The molecule has 0 spiro atoms. The third kappa shape index (κ3) is 1.70. The zero-order valence-electron chi connectivity index (χ0n) is 10.8. The van der Waals surface area contributed by atoms with E-state index >= 15 is 0 Å². The maximum absolute atomic E-state index is 5.63. The number of methoxy groups -OCH3 is 2. The SMILES string of the molecule is C=Cc1c(OCC)c(OC)c2occc2c1OC. The third-order valence-corrected chi connectivity index (χ3v) is 2.71. The van der Waals surface area contributed by atoms with Crippen LogP contribution in [0.4, 0.5) is 0 Å². The summed E-state index contributed by atoms with van der Waals surface area (Å²) in [5.41, 5.74) is 1.38. The van der Waals surface area contributed by atoms with Gasteiger partial charge in [-0.15, -0.1) is 0 Å². The predicted molar refractivity (Wildman–Crippen MR) is 70.6 cm³/mol. The Morgan fingerprint density at radius 3 is 2.50 bits per heavy atom. The minimum atomic E-state index is 0.520. The summed E-state index contributed by atoms with van der Waals surface area (Å²) in [5, 5.41) is 0.840. The molecule has 4 nitrogen and oxygen atoms in total. The van der Waals surface area contributed by atoms with Gasteiger partial charge in [-0.2, -0.15) is 0 Å². The van der Waals surface area contributed by atoms with E-state index in [0.717, 1.165) is 10.9 Å². The monoisotopic (exact) mass is 248 g/mol. The van der Waals surface area contributed by atoms with E-state index in [2.05, 4.69) is 6.58 Å². The lowest BCUT2D eigenvalue weighted by Crippen LogP contribution is -2.00. The Bertz CT molecular complexity index is 569. The van der Waals surface area contributed by atoms with Crippen molar-refractivity contribution in [1.82, 2.24) is 0 Å². The standard InChI is InChI=1S/C14H16O4/c1-5-9-11(15-3)10-7-8-18-13(10)14(16-4)12(9)17-6-2/h5,7-8H,1,6H2,2-4H3. The molecule has 0 N–H and O–H groups in total. The van der Waals surface area contributed by atoms with Crippen LogP contribution >= 0.6 is 0 Å². The fourth-order valence-electron chi connectivity index (χ4n) is 2.02. The summed E-state index contributed by atoms with van der Waals surface area (Å²) in [7, 11) is 3.19. The number of furan rings is 1. The molecule has 1 heterocycles. The Morgan fingerprint density at radius 1 is 1.22 bits per heavy atom. The van der Waals surface area contributed by atoms with Gasteiger partial charge in [0.05, 0.1) is 38.0 Å². The molecule has 0 bridgehead atoms. The smallest absolute Gasteiger partial charge is 0.205 e. The van der Waals surface area contributed by atoms with Crippen molar-refractivity contribution >= 4 is 17.0 Å². The molecule has 0 radical (unpaired) electrons. The van der Waals surface area contributed by atoms with Crippen molar-refractivity contribution in [3.8, 4) is 17.2 Å². The maximum atomic E-state index is 5.63. The van der Waals surface area contributed by atoms with Crippen LogP contribution in [-0.2, 0) is 0 Å². The summed E-state index contributed by atoms with van der Waals surface area (Å²) in [6.45, 7) is 6.23. The van der Waals surface area contributed by atoms with Crippen LogP contribution < -0.4 is 14.2 Å². The number of hydrogen-bond donors (Lipinski definition) is 0. The molecule has 0 atom stereocenters. The second-order valence-corrected chi connectivity index (χ2v) is 3.61. The van der Waals surface area contributed by atoms with Crippen LogP contribution in [0.25, 0.3) is 17.0 Å². The van der Waals surface area contributed by atoms with Gasteiger partial charge >= 0.3 is 0 Å². The van der Waals surface area contributed by atoms with Crippen LogP contribution in [0.2, 0.25) is 0 Å². The summed E-state index contributed by atoms with van der Waals surface area (Å²) in [6.07, 6.45) is 3.29. The summed E-state index contributed by atoms with van der Waals surface area (Å²) >= 11 is 0. The van der Waals surface area contributed by atoms with Crippen LogP contribution in [0.3, 0.4) is 0 Å². The first-order chi connectivity index (χ1) is 8.78. The Hall–Kier alpha value is -2.10. The average Bonchev–Trinajstić information content (AvgIpc) is 2.86. The molecule has 1 aromatic heterocycles. The molecule has 4 heteroatoms. The van der Waals surface area contributed by atoms with Crippen LogP contribution in [-0.4, -0.2) is 20.8 Å². The van der Waals surface area contributed by atoms with E-state index in [-0.39, 0.29) is 0 Å². The summed E-state index contributed by atoms with van der Waals surface area (Å²) < 4.78 is 21.9. The number of benzene rings is 1. The first-order valence-electron chi connectivity index (χ1n) is 5.68. The normalized spacial score (nSPS) is 10.4. The van der Waals surface area contributed by atoms with E-state index < -0.39 is 0 Å². The Kier molecular flexibility index (Phi) is 3.46. The lowest BCUT2D eigenvalue weighted by atomic mass is 10.1. The summed E-state index contributed by atoms with van der Waals surface area (Å²) in [5.74, 6) is 1.83. The van der Waals surface area contributed by atoms with E-state index in [9.17, 15) is 0 Å². The van der Waals surface area contributed by atoms with Gasteiger partial charge in [0, 0.05) is 0 Å². The minimum Gasteiger partial charge on any atom is -0.495 e. The zero-order chi connectivity index (χ0) is 13.1. The third-order valence-electron chi connectivity index (χ3n) is 2.71. The van der Waals surface area contributed by atoms with Gasteiger partial charge in [0.15, 0.2) is 11.3 Å². The minimum absolute atomic E-state index is 0.520. The highest BCUT2D eigenvalue weighted by Gasteiger charge is 2.22. The van der Waals surface area contributed by atoms with Gasteiger partial charge in [0.2, 0.25) is 5.75 Å². The zero-order valence-corrected chi connectivity index (χ0v) is 10.8. The molecule has 1 aromatic carbocycles. The fraction of sp³-hybridized carbons (Fsp3) is 0.286. The number of hydrogen-bond acceptors (Lipinski definition) is 4. The number of ether oxygens (including phenoxy) is 3. The van der Waals surface area contributed by atoms with E-state index in [1.165, 1.54) is 0 Å². The maximum Gasteiger partial charge on any atom is 0.205 e. The Morgan fingerprint density at radius 2 is 1.94 bits per heavy atom. The van der Waals surface area contributed by atoms with Crippen molar-refractivity contribution in [3.05, 3.63) is 24.5 Å². The largest absolute Gasteiger partial charge is 0.495 e. The molecule has 18 heavy (non-hydrogen) atoms. The van der Waals surface area contributed by atoms with E-state index in [1.54, 1.807) is 26.6 Å². The van der Waals surface area contributed by atoms with Gasteiger partial charge in [0.25, 0.3) is 0 Å². The van der Waals surface area contributed by atoms with Crippen molar-refractivity contribution in [2.75, 3.05) is 20.8 Å². The molecule has 0 aliphatic carbocycles. The highest BCUT2D eigenvalue weighted by molar-refractivity contribution is 5.96. The average molecular weight is 248 g/mol. The van der Waals surface area contributed by atoms with Crippen molar-refractivity contribution in [3.63, 3.8) is 0 Å². The van der Waals surface area contributed by atoms with Gasteiger partial charge in [-0.3, -0.25) is 0 Å². The fourth-order valence-corrected chi connectivity index (χ4v) is 2.02. The van der Waals surface area contributed by atoms with Gasteiger partial charge in [-0.05, 0) is 13.0 Å². The second kappa shape index (κ2) is 5.04. The van der Waals surface area contributed by atoms with Crippen LogP contribution in [0.5, 0.6) is 17.2 Å². The molecule has 0 aliphatic heterocycles. The molecule has 0 unspecified atom stereocenters. The lowest BCUT2D eigenvalue weighted by molar-refractivity contribution is 0.307. The first-order valence-corrected chi connectivity index (χ1v) is 5.68. The first kappa shape index (κ1) is 12.4. The van der Waals surface area contributed by atoms with Gasteiger partial charge < -0.3 is 18.6 Å². The molecule has 0 saturated carbocycles. The van der Waals surface area contributed by atoms with Crippen molar-refractivity contribution in [2.24, 2.45) is 0 Å². The number of rotatable bonds is 5. The van der Waals surface area contributed by atoms with Crippen molar-refractivity contribution < 1.29 is 18.6 Å². The Balaban J connectivity index is 2.87. The topological polar surface area (TPSA) is 40.8 Å². The van der Waals surface area contributed by atoms with E-state index in [4.69, 9.17) is 18.6 Å².